The van der Waals surface area contributed by atoms with Crippen molar-refractivity contribution in [2.45, 2.75) is 6.42 Å². The van der Waals surface area contributed by atoms with Crippen molar-refractivity contribution in [3.63, 3.8) is 0 Å². The predicted molar refractivity (Wildman–Crippen MR) is 94.5 cm³/mol. The molecule has 3 heteroatoms. The Bertz CT molecular complexity index is 880. The van der Waals surface area contributed by atoms with Gasteiger partial charge in [0.25, 0.3) is 0 Å². The van der Waals surface area contributed by atoms with Crippen molar-refractivity contribution in [2.75, 3.05) is 0 Å². The minimum Gasteiger partial charge on any atom is -0.463 e. The highest BCUT2D eigenvalue weighted by molar-refractivity contribution is 7.15. The summed E-state index contributed by atoms with van der Waals surface area (Å²) in [5, 5.41) is 1.03. The Balaban J connectivity index is 1.78. The number of hydrogen-bond acceptors (Lipinski definition) is 3. The number of furan rings is 1. The van der Waals surface area contributed by atoms with Gasteiger partial charge in [0.2, 0.25) is 0 Å². The molecule has 2 aromatic heterocycles. The van der Waals surface area contributed by atoms with E-state index >= 15 is 0 Å². The summed E-state index contributed by atoms with van der Waals surface area (Å²) in [4.78, 5) is 6.07. The molecule has 0 aliphatic heterocycles. The summed E-state index contributed by atoms with van der Waals surface area (Å²) < 4.78 is 5.59. The van der Waals surface area contributed by atoms with Crippen molar-refractivity contribution in [2.24, 2.45) is 0 Å². The predicted octanol–water partition coefficient (Wildman–Crippen LogP) is 5.66. The maximum atomic E-state index is 5.59. The third kappa shape index (κ3) is 2.96. The molecule has 4 rings (SSSR count). The van der Waals surface area contributed by atoms with E-state index in [2.05, 4.69) is 36.4 Å². The fourth-order valence-corrected chi connectivity index (χ4v) is 3.67. The highest BCUT2D eigenvalue weighted by Crippen LogP contribution is 2.35. The Morgan fingerprint density at radius 3 is 2.26 bits per heavy atom. The van der Waals surface area contributed by atoms with Gasteiger partial charge in [0.15, 0.2) is 5.76 Å². The zero-order valence-corrected chi connectivity index (χ0v) is 13.3. The van der Waals surface area contributed by atoms with Gasteiger partial charge in [-0.25, -0.2) is 4.98 Å². The SMILES string of the molecule is c1ccc(Cc2sc(-c3ccccc3)nc2-c2ccco2)cc1. The first-order valence-electron chi connectivity index (χ1n) is 7.53. The van der Waals surface area contributed by atoms with Crippen molar-refractivity contribution >= 4 is 11.3 Å². The maximum Gasteiger partial charge on any atom is 0.153 e. The van der Waals surface area contributed by atoms with Gasteiger partial charge in [-0.15, -0.1) is 11.3 Å². The molecule has 0 saturated carbocycles. The molecule has 0 fully saturated rings. The molecule has 2 nitrogen and oxygen atoms in total. The molecular weight excluding hydrogens is 302 g/mol. The van der Waals surface area contributed by atoms with Crippen molar-refractivity contribution in [3.8, 4) is 22.0 Å². The zero-order valence-electron chi connectivity index (χ0n) is 12.5. The summed E-state index contributed by atoms with van der Waals surface area (Å²) >= 11 is 1.73. The third-order valence-corrected chi connectivity index (χ3v) is 4.78. The van der Waals surface area contributed by atoms with Gasteiger partial charge >= 0.3 is 0 Å². The fourth-order valence-electron chi connectivity index (χ4n) is 2.56. The van der Waals surface area contributed by atoms with Crippen molar-refractivity contribution in [3.05, 3.63) is 89.5 Å². The van der Waals surface area contributed by atoms with E-state index in [4.69, 9.17) is 9.40 Å². The smallest absolute Gasteiger partial charge is 0.153 e. The monoisotopic (exact) mass is 317 g/mol. The van der Waals surface area contributed by atoms with Crippen LogP contribution in [0.3, 0.4) is 0 Å². The molecule has 0 unspecified atom stereocenters. The van der Waals surface area contributed by atoms with Crippen LogP contribution in [0.5, 0.6) is 0 Å². The van der Waals surface area contributed by atoms with Crippen molar-refractivity contribution < 1.29 is 4.42 Å². The van der Waals surface area contributed by atoms with Gasteiger partial charge in [0.1, 0.15) is 10.7 Å². The lowest BCUT2D eigenvalue weighted by Crippen LogP contribution is -1.87. The lowest BCUT2D eigenvalue weighted by Gasteiger charge is -2.00. The number of nitrogens with zero attached hydrogens (tertiary/aromatic N) is 1. The fraction of sp³-hybridized carbons (Fsp3) is 0.0500. The first-order valence-corrected chi connectivity index (χ1v) is 8.35. The summed E-state index contributed by atoms with van der Waals surface area (Å²) in [5.41, 5.74) is 3.37. The number of aromatic nitrogens is 1. The zero-order chi connectivity index (χ0) is 15.5. The van der Waals surface area contributed by atoms with Gasteiger partial charge in [-0.1, -0.05) is 60.7 Å². The van der Waals surface area contributed by atoms with E-state index < -0.39 is 0 Å². The van der Waals surface area contributed by atoms with Crippen LogP contribution < -0.4 is 0 Å². The van der Waals surface area contributed by atoms with E-state index in [1.807, 2.05) is 36.4 Å². The number of thiazole rings is 1. The van der Waals surface area contributed by atoms with Gasteiger partial charge in [-0.05, 0) is 17.7 Å². The van der Waals surface area contributed by atoms with Gasteiger partial charge in [-0.3, -0.25) is 0 Å². The van der Waals surface area contributed by atoms with Crippen LogP contribution in [0.25, 0.3) is 22.0 Å². The Hall–Kier alpha value is -2.65. The van der Waals surface area contributed by atoms with Crippen LogP contribution in [0.4, 0.5) is 0 Å². The molecular formula is C20H15NOS. The van der Waals surface area contributed by atoms with Gasteiger partial charge in [0, 0.05) is 16.9 Å². The Kier molecular flexibility index (Phi) is 3.78. The number of rotatable bonds is 4. The number of benzene rings is 2. The summed E-state index contributed by atoms with van der Waals surface area (Å²) in [6.45, 7) is 0. The highest BCUT2D eigenvalue weighted by atomic mass is 32.1. The summed E-state index contributed by atoms with van der Waals surface area (Å²) in [7, 11) is 0. The second-order valence-electron chi connectivity index (χ2n) is 5.30. The molecule has 23 heavy (non-hydrogen) atoms. The Morgan fingerprint density at radius 1 is 0.826 bits per heavy atom. The van der Waals surface area contributed by atoms with Gasteiger partial charge in [0.05, 0.1) is 6.26 Å². The standard InChI is InChI=1S/C20H15NOS/c1-3-8-15(9-4-1)14-18-19(17-12-7-13-22-17)21-20(23-18)16-10-5-2-6-11-16/h1-13H,14H2. The van der Waals surface area contributed by atoms with Gasteiger partial charge < -0.3 is 4.42 Å². The molecule has 0 radical (unpaired) electrons. The molecule has 0 N–H and O–H groups in total. The molecule has 0 saturated heterocycles. The molecule has 0 atom stereocenters. The molecule has 2 heterocycles. The minimum atomic E-state index is 0.828. The molecule has 0 aliphatic carbocycles. The van der Waals surface area contributed by atoms with Crippen molar-refractivity contribution in [1.29, 1.82) is 0 Å². The maximum absolute atomic E-state index is 5.59. The van der Waals surface area contributed by atoms with Crippen LogP contribution in [-0.2, 0) is 6.42 Å². The molecule has 0 spiro atoms. The quantitative estimate of drug-likeness (QED) is 0.485. The van der Waals surface area contributed by atoms with E-state index in [1.54, 1.807) is 17.6 Å². The molecule has 0 aliphatic rings. The molecule has 2 aromatic carbocycles. The lowest BCUT2D eigenvalue weighted by atomic mass is 10.1. The number of hydrogen-bond donors (Lipinski definition) is 0. The first-order chi connectivity index (χ1) is 11.4. The van der Waals surface area contributed by atoms with E-state index in [9.17, 15) is 0 Å². The molecule has 4 aromatic rings. The van der Waals surface area contributed by atoms with E-state index in [0.717, 1.165) is 28.4 Å². The van der Waals surface area contributed by atoms with E-state index in [-0.39, 0.29) is 0 Å². The average Bonchev–Trinajstić information content (AvgIpc) is 3.26. The summed E-state index contributed by atoms with van der Waals surface area (Å²) in [6.07, 6.45) is 2.56. The van der Waals surface area contributed by atoms with Crippen LogP contribution in [0, 0.1) is 0 Å². The third-order valence-electron chi connectivity index (χ3n) is 3.68. The van der Waals surface area contributed by atoms with Crippen LogP contribution >= 0.6 is 11.3 Å². The first kappa shape index (κ1) is 14.0. The van der Waals surface area contributed by atoms with Crippen LogP contribution in [0.1, 0.15) is 10.4 Å². The van der Waals surface area contributed by atoms with Crippen LogP contribution in [0.15, 0.2) is 83.5 Å². The lowest BCUT2D eigenvalue weighted by molar-refractivity contribution is 0.580. The van der Waals surface area contributed by atoms with E-state index in [1.165, 1.54) is 10.4 Å². The van der Waals surface area contributed by atoms with E-state index in [0.29, 0.717) is 0 Å². The molecule has 112 valence electrons. The van der Waals surface area contributed by atoms with Gasteiger partial charge in [-0.2, -0.15) is 0 Å². The summed E-state index contributed by atoms with van der Waals surface area (Å²) in [6, 6.07) is 24.6. The topological polar surface area (TPSA) is 26.0 Å². The Morgan fingerprint density at radius 2 is 1.57 bits per heavy atom. The Labute approximate surface area is 139 Å². The van der Waals surface area contributed by atoms with Crippen molar-refractivity contribution in [1.82, 2.24) is 4.98 Å². The van der Waals surface area contributed by atoms with Crippen LogP contribution in [0.2, 0.25) is 0 Å². The summed E-state index contributed by atoms with van der Waals surface area (Å²) in [5.74, 6) is 0.828. The molecule has 0 amide bonds. The second-order valence-corrected chi connectivity index (χ2v) is 6.38. The van der Waals surface area contributed by atoms with Crippen LogP contribution in [-0.4, -0.2) is 4.98 Å². The minimum absolute atomic E-state index is 0.828. The second kappa shape index (κ2) is 6.23. The molecule has 0 bridgehead atoms. The normalized spacial score (nSPS) is 10.8. The highest BCUT2D eigenvalue weighted by Gasteiger charge is 2.16. The average molecular weight is 317 g/mol. The largest absolute Gasteiger partial charge is 0.463 e.